The highest BCUT2D eigenvalue weighted by Crippen LogP contribution is 2.12. The fraction of sp³-hybridized carbons (Fsp3) is 0.600. The summed E-state index contributed by atoms with van der Waals surface area (Å²) in [6, 6.07) is 0. The number of carbonyl (C=O) groups is 1. The lowest BCUT2D eigenvalue weighted by Crippen LogP contribution is -2.45. The van der Waals surface area contributed by atoms with E-state index in [1.165, 1.54) is 0 Å². The highest BCUT2D eigenvalue weighted by atomic mass is 16.5. The second kappa shape index (κ2) is 4.63. The highest BCUT2D eigenvalue weighted by molar-refractivity contribution is 5.94. The largest absolute Gasteiger partial charge is 0.366 e. The van der Waals surface area contributed by atoms with Crippen LogP contribution in [0.1, 0.15) is 5.69 Å². The molecule has 1 atom stereocenters. The van der Waals surface area contributed by atoms with Crippen molar-refractivity contribution < 1.29 is 9.53 Å². The Kier molecular flexibility index (Phi) is 3.21. The molecule has 1 amide bonds. The Morgan fingerprint density at radius 2 is 2.56 bits per heavy atom. The molecule has 0 radical (unpaired) electrons. The van der Waals surface area contributed by atoms with Crippen LogP contribution in [0.3, 0.4) is 0 Å². The first-order valence-corrected chi connectivity index (χ1v) is 5.30. The third-order valence-electron chi connectivity index (χ3n) is 2.49. The van der Waals surface area contributed by atoms with Crippen molar-refractivity contribution >= 4 is 11.6 Å². The van der Waals surface area contributed by atoms with Crippen LogP contribution in [0.15, 0.2) is 6.20 Å². The number of aryl methyl sites for hydroxylation is 2. The molecule has 1 aliphatic heterocycles. The molecule has 0 spiro atoms. The molecule has 2 heterocycles. The topological polar surface area (TPSA) is 68.2 Å². The normalized spacial score (nSPS) is 20.8. The Balaban J connectivity index is 1.98. The summed E-state index contributed by atoms with van der Waals surface area (Å²) in [6.45, 7) is 3.79. The molecular weight excluding hydrogens is 208 g/mol. The summed E-state index contributed by atoms with van der Waals surface area (Å²) < 4.78 is 7.03. The molecular formula is C10H16N4O2. The average molecular weight is 224 g/mol. The van der Waals surface area contributed by atoms with Crippen molar-refractivity contribution in [2.75, 3.05) is 25.0 Å². The number of carbonyl (C=O) groups excluding carboxylic acids is 1. The lowest BCUT2D eigenvalue weighted by molar-refractivity contribution is -0.128. The van der Waals surface area contributed by atoms with Gasteiger partial charge < -0.3 is 15.4 Å². The van der Waals surface area contributed by atoms with E-state index in [1.54, 1.807) is 10.9 Å². The molecule has 88 valence electrons. The molecule has 1 unspecified atom stereocenters. The van der Waals surface area contributed by atoms with E-state index in [2.05, 4.69) is 15.7 Å². The maximum absolute atomic E-state index is 11.8. The van der Waals surface area contributed by atoms with Gasteiger partial charge in [0.15, 0.2) is 0 Å². The lowest BCUT2D eigenvalue weighted by atomic mass is 10.2. The van der Waals surface area contributed by atoms with Gasteiger partial charge in [0.1, 0.15) is 6.10 Å². The van der Waals surface area contributed by atoms with Crippen LogP contribution in [0, 0.1) is 6.92 Å². The summed E-state index contributed by atoms with van der Waals surface area (Å²) in [5.41, 5.74) is 1.54. The number of hydrogen-bond acceptors (Lipinski definition) is 4. The van der Waals surface area contributed by atoms with Gasteiger partial charge in [0, 0.05) is 26.3 Å². The highest BCUT2D eigenvalue weighted by Gasteiger charge is 2.22. The Morgan fingerprint density at radius 3 is 3.12 bits per heavy atom. The quantitative estimate of drug-likeness (QED) is 0.721. The second-order valence-corrected chi connectivity index (χ2v) is 3.85. The molecule has 2 rings (SSSR count). The molecule has 6 heteroatoms. The Labute approximate surface area is 94.0 Å². The van der Waals surface area contributed by atoms with E-state index in [9.17, 15) is 4.79 Å². The zero-order chi connectivity index (χ0) is 11.5. The van der Waals surface area contributed by atoms with Crippen molar-refractivity contribution in [3.05, 3.63) is 11.9 Å². The van der Waals surface area contributed by atoms with Crippen LogP contribution in [0.25, 0.3) is 0 Å². The van der Waals surface area contributed by atoms with Gasteiger partial charge in [-0.25, -0.2) is 0 Å². The summed E-state index contributed by atoms with van der Waals surface area (Å²) in [7, 11) is 1.82. The van der Waals surface area contributed by atoms with Crippen molar-refractivity contribution in [2.45, 2.75) is 13.0 Å². The van der Waals surface area contributed by atoms with Gasteiger partial charge >= 0.3 is 0 Å². The summed E-state index contributed by atoms with van der Waals surface area (Å²) in [5, 5.41) is 10.1. The van der Waals surface area contributed by atoms with Gasteiger partial charge in [-0.3, -0.25) is 9.48 Å². The van der Waals surface area contributed by atoms with Crippen LogP contribution in [0.4, 0.5) is 5.69 Å². The first-order valence-electron chi connectivity index (χ1n) is 5.30. The smallest absolute Gasteiger partial charge is 0.254 e. The zero-order valence-electron chi connectivity index (χ0n) is 9.49. The fourth-order valence-corrected chi connectivity index (χ4v) is 1.67. The van der Waals surface area contributed by atoms with Crippen LogP contribution >= 0.6 is 0 Å². The van der Waals surface area contributed by atoms with Gasteiger partial charge in [-0.05, 0) is 6.92 Å². The first-order chi connectivity index (χ1) is 7.66. The molecule has 0 aliphatic carbocycles. The fourth-order valence-electron chi connectivity index (χ4n) is 1.67. The van der Waals surface area contributed by atoms with Gasteiger partial charge in [-0.1, -0.05) is 0 Å². The summed E-state index contributed by atoms with van der Waals surface area (Å²) >= 11 is 0. The van der Waals surface area contributed by atoms with Crippen molar-refractivity contribution in [3.63, 3.8) is 0 Å². The van der Waals surface area contributed by atoms with Gasteiger partial charge in [-0.2, -0.15) is 5.10 Å². The maximum atomic E-state index is 11.8. The van der Waals surface area contributed by atoms with Gasteiger partial charge in [-0.15, -0.1) is 0 Å². The average Bonchev–Trinajstić information content (AvgIpc) is 2.59. The minimum absolute atomic E-state index is 0.122. The van der Waals surface area contributed by atoms with E-state index in [-0.39, 0.29) is 5.91 Å². The third-order valence-corrected chi connectivity index (χ3v) is 2.49. The number of ether oxygens (including phenoxy) is 1. The summed E-state index contributed by atoms with van der Waals surface area (Å²) in [4.78, 5) is 11.8. The van der Waals surface area contributed by atoms with Gasteiger partial charge in [0.25, 0.3) is 5.91 Å². The molecule has 1 aliphatic rings. The van der Waals surface area contributed by atoms with Crippen molar-refractivity contribution in [1.82, 2.24) is 15.1 Å². The number of nitrogens with one attached hydrogen (secondary N) is 2. The summed E-state index contributed by atoms with van der Waals surface area (Å²) in [6.07, 6.45) is 1.37. The Hall–Kier alpha value is -1.40. The number of morpholine rings is 1. The van der Waals surface area contributed by atoms with Crippen LogP contribution in [-0.2, 0) is 16.6 Å². The van der Waals surface area contributed by atoms with Crippen molar-refractivity contribution in [3.8, 4) is 0 Å². The van der Waals surface area contributed by atoms with E-state index in [4.69, 9.17) is 4.74 Å². The number of amides is 1. The number of anilines is 1. The lowest BCUT2D eigenvalue weighted by Gasteiger charge is -2.22. The molecule has 0 aromatic carbocycles. The van der Waals surface area contributed by atoms with Crippen molar-refractivity contribution in [1.29, 1.82) is 0 Å². The molecule has 16 heavy (non-hydrogen) atoms. The molecule has 2 N–H and O–H groups in total. The van der Waals surface area contributed by atoms with E-state index < -0.39 is 6.10 Å². The molecule has 6 nitrogen and oxygen atoms in total. The number of aromatic nitrogens is 2. The minimum Gasteiger partial charge on any atom is -0.366 e. The van der Waals surface area contributed by atoms with Crippen LogP contribution < -0.4 is 10.6 Å². The van der Waals surface area contributed by atoms with Crippen LogP contribution in [-0.4, -0.2) is 41.5 Å². The maximum Gasteiger partial charge on any atom is 0.254 e. The summed E-state index contributed by atoms with van der Waals surface area (Å²) in [5.74, 6) is -0.122. The molecule has 1 saturated heterocycles. The van der Waals surface area contributed by atoms with Crippen LogP contribution in [0.2, 0.25) is 0 Å². The first kappa shape index (κ1) is 11.1. The molecule has 0 saturated carbocycles. The predicted octanol–water partition coefficient (Wildman–Crippen LogP) is -0.345. The SMILES string of the molecule is Cc1nn(C)cc1NC(=O)C1CNCCO1. The van der Waals surface area contributed by atoms with Crippen LogP contribution in [0.5, 0.6) is 0 Å². The zero-order valence-corrected chi connectivity index (χ0v) is 9.49. The van der Waals surface area contributed by atoms with Gasteiger partial charge in [0.05, 0.1) is 18.0 Å². The van der Waals surface area contributed by atoms with E-state index in [0.29, 0.717) is 13.2 Å². The number of nitrogens with zero attached hydrogens (tertiary/aromatic N) is 2. The molecule has 1 aromatic heterocycles. The standard InChI is InChI=1S/C10H16N4O2/c1-7-8(6-14(2)13-7)12-10(15)9-5-11-3-4-16-9/h6,9,11H,3-5H2,1-2H3,(H,12,15). The predicted molar refractivity (Wildman–Crippen MR) is 59.2 cm³/mol. The Bertz CT molecular complexity index is 382. The molecule has 0 bridgehead atoms. The van der Waals surface area contributed by atoms with E-state index in [0.717, 1.165) is 17.9 Å². The van der Waals surface area contributed by atoms with E-state index >= 15 is 0 Å². The second-order valence-electron chi connectivity index (χ2n) is 3.85. The number of hydrogen-bond donors (Lipinski definition) is 2. The van der Waals surface area contributed by atoms with E-state index in [1.807, 2.05) is 14.0 Å². The van der Waals surface area contributed by atoms with Gasteiger partial charge in [0.2, 0.25) is 0 Å². The van der Waals surface area contributed by atoms with Crippen molar-refractivity contribution in [2.24, 2.45) is 7.05 Å². The molecule has 1 aromatic rings. The Morgan fingerprint density at radius 1 is 1.75 bits per heavy atom. The third kappa shape index (κ3) is 2.40. The minimum atomic E-state index is -0.409. The molecule has 1 fully saturated rings. The monoisotopic (exact) mass is 224 g/mol. The number of rotatable bonds is 2.